The number of carbonyl (C=O) groups excluding carboxylic acids is 1. The second kappa shape index (κ2) is 9.28. The van der Waals surface area contributed by atoms with E-state index in [1.807, 2.05) is 4.90 Å². The Morgan fingerprint density at radius 2 is 1.59 bits per heavy atom. The van der Waals surface area contributed by atoms with Gasteiger partial charge in [0.05, 0.1) is 15.6 Å². The highest BCUT2D eigenvalue weighted by Crippen LogP contribution is 2.24. The van der Waals surface area contributed by atoms with Crippen molar-refractivity contribution in [3.63, 3.8) is 0 Å². The van der Waals surface area contributed by atoms with E-state index in [0.717, 1.165) is 5.69 Å². The van der Waals surface area contributed by atoms with Crippen molar-refractivity contribution in [1.29, 1.82) is 0 Å². The van der Waals surface area contributed by atoms with Gasteiger partial charge in [-0.15, -0.1) is 0 Å². The van der Waals surface area contributed by atoms with Crippen LogP contribution in [-0.4, -0.2) is 44.8 Å². The second-order valence-corrected chi connectivity index (χ2v) is 9.67. The second-order valence-electron chi connectivity index (χ2n) is 7.33. The molecule has 32 heavy (non-hydrogen) atoms. The van der Waals surface area contributed by atoms with Crippen molar-refractivity contribution >= 4 is 38.9 Å². The molecule has 0 atom stereocenters. The summed E-state index contributed by atoms with van der Waals surface area (Å²) in [5.74, 6) is -0.760. The molecule has 1 heterocycles. The third-order valence-electron chi connectivity index (χ3n) is 5.29. The van der Waals surface area contributed by atoms with Crippen molar-refractivity contribution in [2.24, 2.45) is 0 Å². The predicted molar refractivity (Wildman–Crippen MR) is 123 cm³/mol. The molecule has 1 fully saturated rings. The zero-order valence-corrected chi connectivity index (χ0v) is 18.6. The monoisotopic (exact) mass is 473 g/mol. The molecule has 0 spiro atoms. The molecule has 3 aromatic rings. The highest BCUT2D eigenvalue weighted by molar-refractivity contribution is 7.89. The van der Waals surface area contributed by atoms with Gasteiger partial charge in [0.2, 0.25) is 10.0 Å². The lowest BCUT2D eigenvalue weighted by molar-refractivity contribution is 0.102. The van der Waals surface area contributed by atoms with Crippen LogP contribution in [0.4, 0.5) is 15.8 Å². The Morgan fingerprint density at radius 1 is 0.906 bits per heavy atom. The average Bonchev–Trinajstić information content (AvgIpc) is 2.81. The van der Waals surface area contributed by atoms with Crippen molar-refractivity contribution < 1.29 is 17.6 Å². The van der Waals surface area contributed by atoms with E-state index >= 15 is 0 Å². The normalized spacial score (nSPS) is 14.9. The number of sulfonamides is 1. The lowest BCUT2D eigenvalue weighted by Crippen LogP contribution is -2.48. The van der Waals surface area contributed by atoms with Crippen LogP contribution in [0.1, 0.15) is 10.4 Å². The molecule has 0 saturated carbocycles. The number of hydrogen-bond acceptors (Lipinski definition) is 4. The fourth-order valence-corrected chi connectivity index (χ4v) is 5.19. The minimum atomic E-state index is -3.77. The van der Waals surface area contributed by atoms with Crippen molar-refractivity contribution in [3.05, 3.63) is 89.2 Å². The minimum absolute atomic E-state index is 0.0551. The molecule has 3 aromatic carbocycles. The van der Waals surface area contributed by atoms with Crippen LogP contribution >= 0.6 is 11.6 Å². The summed E-state index contributed by atoms with van der Waals surface area (Å²) in [4.78, 5) is 14.7. The maximum Gasteiger partial charge on any atom is 0.255 e. The Hall–Kier alpha value is -2.94. The number of para-hydroxylation sites is 1. The number of halogens is 2. The number of benzene rings is 3. The van der Waals surface area contributed by atoms with Gasteiger partial charge in [0.25, 0.3) is 5.91 Å². The third-order valence-corrected chi connectivity index (χ3v) is 7.51. The average molecular weight is 474 g/mol. The van der Waals surface area contributed by atoms with Crippen molar-refractivity contribution in [1.82, 2.24) is 4.31 Å². The Bertz CT molecular complexity index is 1230. The summed E-state index contributed by atoms with van der Waals surface area (Å²) in [5, 5.41) is 3.09. The maximum absolute atomic E-state index is 13.2. The summed E-state index contributed by atoms with van der Waals surface area (Å²) in [6, 6.07) is 18.9. The lowest BCUT2D eigenvalue weighted by Gasteiger charge is -2.35. The van der Waals surface area contributed by atoms with Crippen molar-refractivity contribution in [3.8, 4) is 0 Å². The van der Waals surface area contributed by atoms with Gasteiger partial charge >= 0.3 is 0 Å². The number of rotatable bonds is 5. The first-order chi connectivity index (χ1) is 15.3. The Kier molecular flexibility index (Phi) is 6.45. The first kappa shape index (κ1) is 22.3. The molecule has 1 saturated heterocycles. The molecular weight excluding hydrogens is 453 g/mol. The van der Waals surface area contributed by atoms with Gasteiger partial charge in [0.15, 0.2) is 0 Å². The van der Waals surface area contributed by atoms with E-state index in [-0.39, 0.29) is 29.4 Å². The van der Waals surface area contributed by atoms with E-state index in [1.165, 1.54) is 28.6 Å². The van der Waals surface area contributed by atoms with Crippen LogP contribution in [0.5, 0.6) is 0 Å². The van der Waals surface area contributed by atoms with Gasteiger partial charge in [-0.3, -0.25) is 4.79 Å². The fourth-order valence-electron chi connectivity index (χ4n) is 3.54. The van der Waals surface area contributed by atoms with Gasteiger partial charge in [0.1, 0.15) is 5.82 Å². The molecule has 6 nitrogen and oxygen atoms in total. The topological polar surface area (TPSA) is 69.7 Å². The fraction of sp³-hybridized carbons (Fsp3) is 0.174. The predicted octanol–water partition coefficient (Wildman–Crippen LogP) is 4.24. The smallest absolute Gasteiger partial charge is 0.255 e. The number of piperazine rings is 1. The van der Waals surface area contributed by atoms with Crippen LogP contribution in [0.3, 0.4) is 0 Å². The Morgan fingerprint density at radius 3 is 2.28 bits per heavy atom. The molecule has 0 aromatic heterocycles. The summed E-state index contributed by atoms with van der Waals surface area (Å²) in [5.41, 5.74) is 1.52. The first-order valence-electron chi connectivity index (χ1n) is 10.0. The van der Waals surface area contributed by atoms with Crippen LogP contribution in [0.15, 0.2) is 77.7 Å². The molecule has 9 heteroatoms. The molecule has 166 valence electrons. The van der Waals surface area contributed by atoms with Crippen LogP contribution in [0.2, 0.25) is 5.02 Å². The van der Waals surface area contributed by atoms with Gasteiger partial charge in [0, 0.05) is 37.4 Å². The van der Waals surface area contributed by atoms with Crippen LogP contribution in [-0.2, 0) is 10.0 Å². The molecule has 0 radical (unpaired) electrons. The Balaban J connectivity index is 1.47. The summed E-state index contributed by atoms with van der Waals surface area (Å²) >= 11 is 6.09. The number of anilines is 2. The zero-order valence-electron chi connectivity index (χ0n) is 17.0. The minimum Gasteiger partial charge on any atom is -0.369 e. The highest BCUT2D eigenvalue weighted by Gasteiger charge is 2.29. The van der Waals surface area contributed by atoms with Crippen LogP contribution in [0.25, 0.3) is 0 Å². The number of nitrogens with zero attached hydrogens (tertiary/aromatic N) is 2. The largest absolute Gasteiger partial charge is 0.369 e. The summed E-state index contributed by atoms with van der Waals surface area (Å²) in [7, 11) is -3.77. The van der Waals surface area contributed by atoms with Crippen LogP contribution in [0, 0.1) is 5.82 Å². The highest BCUT2D eigenvalue weighted by atomic mass is 35.5. The van der Waals surface area contributed by atoms with Gasteiger partial charge < -0.3 is 10.2 Å². The van der Waals surface area contributed by atoms with Crippen molar-refractivity contribution in [2.45, 2.75) is 4.90 Å². The maximum atomic E-state index is 13.2. The molecule has 1 aliphatic rings. The van der Waals surface area contributed by atoms with Gasteiger partial charge in [-0.25, -0.2) is 12.8 Å². The lowest BCUT2D eigenvalue weighted by atomic mass is 10.2. The molecule has 0 aliphatic carbocycles. The van der Waals surface area contributed by atoms with E-state index in [1.54, 1.807) is 48.5 Å². The van der Waals surface area contributed by atoms with E-state index in [0.29, 0.717) is 23.8 Å². The summed E-state index contributed by atoms with van der Waals surface area (Å²) < 4.78 is 40.9. The molecule has 1 N–H and O–H groups in total. The quantitative estimate of drug-likeness (QED) is 0.601. The SMILES string of the molecule is O=C(Nc1ccccc1Cl)c1cccc(S(=O)(=O)N2CCN(c3ccc(F)cc3)CC2)c1. The molecule has 1 aliphatic heterocycles. The van der Waals surface area contributed by atoms with E-state index in [4.69, 9.17) is 11.6 Å². The van der Waals surface area contributed by atoms with Gasteiger partial charge in [-0.1, -0.05) is 29.8 Å². The number of hydrogen-bond donors (Lipinski definition) is 1. The molecule has 0 bridgehead atoms. The number of amides is 1. The summed E-state index contributed by atoms with van der Waals surface area (Å²) in [6.45, 7) is 1.54. The van der Waals surface area contributed by atoms with E-state index in [2.05, 4.69) is 5.32 Å². The van der Waals surface area contributed by atoms with Crippen LogP contribution < -0.4 is 10.2 Å². The third kappa shape index (κ3) is 4.77. The van der Waals surface area contributed by atoms with Gasteiger partial charge in [-0.2, -0.15) is 4.31 Å². The van der Waals surface area contributed by atoms with E-state index < -0.39 is 15.9 Å². The number of carbonyl (C=O) groups is 1. The zero-order chi connectivity index (χ0) is 22.7. The molecule has 4 rings (SSSR count). The molecular formula is C23H21ClFN3O3S. The number of nitrogens with one attached hydrogen (secondary N) is 1. The Labute approximate surface area is 191 Å². The van der Waals surface area contributed by atoms with Gasteiger partial charge in [-0.05, 0) is 54.6 Å². The first-order valence-corrected chi connectivity index (χ1v) is 11.8. The molecule has 1 amide bonds. The summed E-state index contributed by atoms with van der Waals surface area (Å²) in [6.07, 6.45) is 0. The van der Waals surface area contributed by atoms with Crippen molar-refractivity contribution in [2.75, 3.05) is 36.4 Å². The van der Waals surface area contributed by atoms with E-state index in [9.17, 15) is 17.6 Å². The standard InChI is InChI=1S/C23H21ClFN3O3S/c24-21-6-1-2-7-22(21)26-23(29)17-4-3-5-20(16-17)32(30,31)28-14-12-27(13-15-28)19-10-8-18(25)9-11-19/h1-11,16H,12-15H2,(H,26,29). The molecule has 0 unspecified atom stereocenters.